The van der Waals surface area contributed by atoms with Crippen molar-refractivity contribution < 1.29 is 4.39 Å². The second kappa shape index (κ2) is 6.58. The van der Waals surface area contributed by atoms with Gasteiger partial charge in [-0.05, 0) is 19.1 Å². The predicted molar refractivity (Wildman–Crippen MR) is 85.7 cm³/mol. The fraction of sp³-hybridized carbons (Fsp3) is 0.375. The summed E-state index contributed by atoms with van der Waals surface area (Å²) in [4.78, 5) is 13.0. The van der Waals surface area contributed by atoms with E-state index in [2.05, 4.69) is 19.8 Å². The van der Waals surface area contributed by atoms with E-state index in [0.717, 1.165) is 37.8 Å². The third kappa shape index (κ3) is 3.36. The molecule has 6 heteroatoms. The molecule has 3 rings (SSSR count). The van der Waals surface area contributed by atoms with Crippen LogP contribution in [0.25, 0.3) is 0 Å². The maximum absolute atomic E-state index is 14.0. The minimum absolute atomic E-state index is 0.188. The molecule has 1 aliphatic rings. The molecule has 116 valence electrons. The quantitative estimate of drug-likeness (QED) is 0.870. The summed E-state index contributed by atoms with van der Waals surface area (Å²) in [6.07, 6.45) is 1.78. The van der Waals surface area contributed by atoms with Crippen molar-refractivity contribution in [1.82, 2.24) is 14.9 Å². The molecular weight excluding hydrogens is 303 g/mol. The average Bonchev–Trinajstić information content (AvgIpc) is 2.53. The van der Waals surface area contributed by atoms with Gasteiger partial charge in [0.1, 0.15) is 17.5 Å². The van der Waals surface area contributed by atoms with Gasteiger partial charge >= 0.3 is 0 Å². The number of hydrogen-bond acceptors (Lipinski definition) is 4. The minimum atomic E-state index is -0.307. The van der Waals surface area contributed by atoms with E-state index in [0.29, 0.717) is 12.1 Å². The van der Waals surface area contributed by atoms with Gasteiger partial charge in [0.25, 0.3) is 0 Å². The Bertz CT molecular complexity index is 656. The molecule has 0 saturated carbocycles. The highest BCUT2D eigenvalue weighted by atomic mass is 35.5. The number of anilines is 1. The van der Waals surface area contributed by atoms with Crippen molar-refractivity contribution in [1.29, 1.82) is 0 Å². The summed E-state index contributed by atoms with van der Waals surface area (Å²) in [6.45, 7) is 5.96. The molecule has 0 aliphatic carbocycles. The van der Waals surface area contributed by atoms with E-state index < -0.39 is 0 Å². The maximum atomic E-state index is 14.0. The Hall–Kier alpha value is -1.72. The minimum Gasteiger partial charge on any atom is -0.354 e. The van der Waals surface area contributed by atoms with Crippen molar-refractivity contribution >= 4 is 17.4 Å². The van der Waals surface area contributed by atoms with Crippen LogP contribution in [-0.2, 0) is 6.54 Å². The average molecular weight is 321 g/mol. The Balaban J connectivity index is 1.61. The van der Waals surface area contributed by atoms with Gasteiger partial charge in [-0.25, -0.2) is 14.4 Å². The van der Waals surface area contributed by atoms with Crippen LogP contribution in [0.15, 0.2) is 30.5 Å². The van der Waals surface area contributed by atoms with Crippen LogP contribution in [0.2, 0.25) is 5.02 Å². The highest BCUT2D eigenvalue weighted by Crippen LogP contribution is 2.20. The van der Waals surface area contributed by atoms with Gasteiger partial charge in [-0.1, -0.05) is 23.7 Å². The number of halogens is 2. The molecule has 0 bridgehead atoms. The number of benzene rings is 1. The van der Waals surface area contributed by atoms with Gasteiger partial charge in [0.05, 0.1) is 5.02 Å². The van der Waals surface area contributed by atoms with Crippen LogP contribution in [0.3, 0.4) is 0 Å². The van der Waals surface area contributed by atoms with Crippen molar-refractivity contribution in [3.05, 3.63) is 52.7 Å². The second-order valence-corrected chi connectivity index (χ2v) is 5.85. The molecule has 2 aromatic rings. The largest absolute Gasteiger partial charge is 0.354 e. The smallest absolute Gasteiger partial charge is 0.146 e. The van der Waals surface area contributed by atoms with Crippen molar-refractivity contribution in [3.8, 4) is 0 Å². The summed E-state index contributed by atoms with van der Waals surface area (Å²) in [6, 6.07) is 7.09. The van der Waals surface area contributed by atoms with Crippen molar-refractivity contribution in [2.24, 2.45) is 0 Å². The molecule has 0 radical (unpaired) electrons. The fourth-order valence-electron chi connectivity index (χ4n) is 2.67. The zero-order valence-electron chi connectivity index (χ0n) is 12.5. The van der Waals surface area contributed by atoms with E-state index in [1.165, 1.54) is 0 Å². The molecule has 4 nitrogen and oxygen atoms in total. The van der Waals surface area contributed by atoms with Crippen LogP contribution in [0.1, 0.15) is 11.4 Å². The van der Waals surface area contributed by atoms with Gasteiger partial charge in [-0.2, -0.15) is 0 Å². The Morgan fingerprint density at radius 3 is 2.68 bits per heavy atom. The van der Waals surface area contributed by atoms with E-state index in [9.17, 15) is 4.39 Å². The molecular formula is C16H18ClFN4. The zero-order valence-corrected chi connectivity index (χ0v) is 13.2. The molecule has 22 heavy (non-hydrogen) atoms. The first-order chi connectivity index (χ1) is 10.6. The molecule has 2 heterocycles. The normalized spacial score (nSPS) is 16.0. The molecule has 0 spiro atoms. The molecule has 1 aromatic heterocycles. The molecule has 1 aliphatic heterocycles. The van der Waals surface area contributed by atoms with Crippen molar-refractivity contribution in [2.45, 2.75) is 13.5 Å². The van der Waals surface area contributed by atoms with E-state index in [1.807, 2.05) is 13.0 Å². The summed E-state index contributed by atoms with van der Waals surface area (Å²) < 4.78 is 14.0. The van der Waals surface area contributed by atoms with Crippen LogP contribution in [0.4, 0.5) is 10.2 Å². The third-order valence-electron chi connectivity index (χ3n) is 3.88. The number of piperazine rings is 1. The van der Waals surface area contributed by atoms with Crippen LogP contribution in [-0.4, -0.2) is 41.0 Å². The summed E-state index contributed by atoms with van der Waals surface area (Å²) in [7, 11) is 0. The number of hydrogen-bond donors (Lipinski definition) is 0. The third-order valence-corrected chi connectivity index (χ3v) is 4.18. The van der Waals surface area contributed by atoms with E-state index >= 15 is 0 Å². The number of nitrogens with zero attached hydrogens (tertiary/aromatic N) is 4. The Morgan fingerprint density at radius 2 is 1.95 bits per heavy atom. The van der Waals surface area contributed by atoms with E-state index in [-0.39, 0.29) is 10.8 Å². The van der Waals surface area contributed by atoms with Crippen LogP contribution in [0.5, 0.6) is 0 Å². The standard InChI is InChI=1S/C16H18ClFN4/c1-12-19-6-5-15(20-12)22-9-7-21(8-10-22)11-13-3-2-4-14(17)16(13)18/h2-6H,7-11H2,1H3. The van der Waals surface area contributed by atoms with Crippen LogP contribution < -0.4 is 4.90 Å². The van der Waals surface area contributed by atoms with Gasteiger partial charge in [0.15, 0.2) is 0 Å². The molecule has 1 saturated heterocycles. The lowest BCUT2D eigenvalue weighted by atomic mass is 10.2. The lowest BCUT2D eigenvalue weighted by molar-refractivity contribution is 0.246. The van der Waals surface area contributed by atoms with Gasteiger partial charge in [0.2, 0.25) is 0 Å². The van der Waals surface area contributed by atoms with Gasteiger partial charge in [-0.3, -0.25) is 4.90 Å². The van der Waals surface area contributed by atoms with Crippen molar-refractivity contribution in [3.63, 3.8) is 0 Å². The zero-order chi connectivity index (χ0) is 15.5. The topological polar surface area (TPSA) is 32.3 Å². The first-order valence-electron chi connectivity index (χ1n) is 7.33. The SMILES string of the molecule is Cc1nccc(N2CCN(Cc3cccc(Cl)c3F)CC2)n1. The summed E-state index contributed by atoms with van der Waals surface area (Å²) in [5.41, 5.74) is 0.652. The first kappa shape index (κ1) is 15.2. The number of rotatable bonds is 3. The lowest BCUT2D eigenvalue weighted by Gasteiger charge is -2.35. The summed E-state index contributed by atoms with van der Waals surface area (Å²) >= 11 is 5.83. The second-order valence-electron chi connectivity index (χ2n) is 5.44. The molecule has 0 amide bonds. The number of aryl methyl sites for hydroxylation is 1. The predicted octanol–water partition coefficient (Wildman–Crippen LogP) is 2.90. The molecule has 1 fully saturated rings. The first-order valence-corrected chi connectivity index (χ1v) is 7.71. The molecule has 0 N–H and O–H groups in total. The van der Waals surface area contributed by atoms with Gasteiger partial charge in [0, 0.05) is 44.5 Å². The number of aromatic nitrogens is 2. The lowest BCUT2D eigenvalue weighted by Crippen LogP contribution is -2.46. The summed E-state index contributed by atoms with van der Waals surface area (Å²) in [5.74, 6) is 1.43. The molecule has 0 atom stereocenters. The van der Waals surface area contributed by atoms with E-state index in [1.54, 1.807) is 24.4 Å². The van der Waals surface area contributed by atoms with Crippen molar-refractivity contribution in [2.75, 3.05) is 31.1 Å². The van der Waals surface area contributed by atoms with Gasteiger partial charge < -0.3 is 4.90 Å². The maximum Gasteiger partial charge on any atom is 0.146 e. The Labute approximate surface area is 134 Å². The van der Waals surface area contributed by atoms with Gasteiger partial charge in [-0.15, -0.1) is 0 Å². The van der Waals surface area contributed by atoms with Crippen LogP contribution >= 0.6 is 11.6 Å². The summed E-state index contributed by atoms with van der Waals surface area (Å²) in [5, 5.41) is 0.188. The Kier molecular flexibility index (Phi) is 4.55. The highest BCUT2D eigenvalue weighted by Gasteiger charge is 2.19. The van der Waals surface area contributed by atoms with Crippen LogP contribution in [0, 0.1) is 12.7 Å². The molecule has 0 unspecified atom stereocenters. The monoisotopic (exact) mass is 320 g/mol. The van der Waals surface area contributed by atoms with E-state index in [4.69, 9.17) is 11.6 Å². The highest BCUT2D eigenvalue weighted by molar-refractivity contribution is 6.30. The molecule has 1 aromatic carbocycles. The Morgan fingerprint density at radius 1 is 1.18 bits per heavy atom. The fourth-order valence-corrected chi connectivity index (χ4v) is 2.86.